The van der Waals surface area contributed by atoms with E-state index < -0.39 is 0 Å². The van der Waals surface area contributed by atoms with E-state index in [1.165, 1.54) is 0 Å². The van der Waals surface area contributed by atoms with E-state index in [2.05, 4.69) is 23.3 Å². The van der Waals surface area contributed by atoms with Crippen LogP contribution in [-0.2, 0) is 0 Å². The Kier molecular flexibility index (Phi) is 3.47. The van der Waals surface area contributed by atoms with Gasteiger partial charge in [-0.15, -0.1) is 0 Å². The first-order valence-corrected chi connectivity index (χ1v) is 4.80. The molecule has 1 rings (SSSR count). The monoisotopic (exact) mass is 189 g/mol. The summed E-state index contributed by atoms with van der Waals surface area (Å²) in [5, 5.41) is 12.1. The van der Waals surface area contributed by atoms with E-state index >= 15 is 0 Å². The van der Waals surface area contributed by atoms with Crippen LogP contribution in [0.2, 0.25) is 0 Å². The van der Waals surface area contributed by atoms with Crippen molar-refractivity contribution in [3.63, 3.8) is 0 Å². The molecule has 1 aromatic heterocycles. The molecule has 0 bridgehead atoms. The molecule has 3 heteroatoms. The maximum Gasteiger partial charge on any atom is 0.144 e. The Labute approximate surface area is 84.8 Å². The molecule has 0 aliphatic carbocycles. The third-order valence-corrected chi connectivity index (χ3v) is 2.24. The van der Waals surface area contributed by atoms with Crippen LogP contribution in [0.25, 0.3) is 0 Å². The Morgan fingerprint density at radius 2 is 2.21 bits per heavy atom. The van der Waals surface area contributed by atoms with E-state index in [-0.39, 0.29) is 0 Å². The van der Waals surface area contributed by atoms with E-state index in [9.17, 15) is 0 Å². The van der Waals surface area contributed by atoms with Gasteiger partial charge in [-0.05, 0) is 31.4 Å². The summed E-state index contributed by atoms with van der Waals surface area (Å²) >= 11 is 0. The predicted molar refractivity (Wildman–Crippen MR) is 57.2 cm³/mol. The zero-order valence-electron chi connectivity index (χ0n) is 8.89. The van der Waals surface area contributed by atoms with Crippen molar-refractivity contribution in [2.24, 2.45) is 0 Å². The number of rotatable bonds is 3. The quantitative estimate of drug-likeness (QED) is 0.794. The minimum Gasteiger partial charge on any atom is -0.369 e. The maximum atomic E-state index is 8.99. The lowest BCUT2D eigenvalue weighted by Gasteiger charge is -2.09. The van der Waals surface area contributed by atoms with Gasteiger partial charge in [-0.3, -0.25) is 0 Å². The van der Waals surface area contributed by atoms with Gasteiger partial charge in [-0.1, -0.05) is 6.92 Å². The molecule has 1 heterocycles. The third kappa shape index (κ3) is 2.02. The molecule has 0 spiro atoms. The van der Waals surface area contributed by atoms with Gasteiger partial charge in [0.2, 0.25) is 0 Å². The molecule has 3 nitrogen and oxygen atoms in total. The molecule has 0 amide bonds. The van der Waals surface area contributed by atoms with Gasteiger partial charge >= 0.3 is 0 Å². The van der Waals surface area contributed by atoms with Gasteiger partial charge in [0, 0.05) is 12.7 Å². The number of nitrogens with zero attached hydrogens (tertiary/aromatic N) is 2. The molecular formula is C11H15N3. The van der Waals surface area contributed by atoms with Crippen molar-refractivity contribution in [2.45, 2.75) is 27.2 Å². The summed E-state index contributed by atoms with van der Waals surface area (Å²) < 4.78 is 0. The lowest BCUT2D eigenvalue weighted by molar-refractivity contribution is 0.965. The van der Waals surface area contributed by atoms with Gasteiger partial charge in [0.15, 0.2) is 0 Å². The zero-order valence-corrected chi connectivity index (χ0v) is 8.89. The second kappa shape index (κ2) is 4.61. The van der Waals surface area contributed by atoms with Crippen molar-refractivity contribution in [3.05, 3.63) is 22.9 Å². The van der Waals surface area contributed by atoms with Crippen LogP contribution in [0.3, 0.4) is 0 Å². The second-order valence-corrected chi connectivity index (χ2v) is 3.33. The van der Waals surface area contributed by atoms with E-state index in [0.717, 1.165) is 24.1 Å². The highest BCUT2D eigenvalue weighted by molar-refractivity contribution is 5.57. The highest BCUT2D eigenvalue weighted by Crippen LogP contribution is 2.18. The van der Waals surface area contributed by atoms with Crippen molar-refractivity contribution in [1.82, 2.24) is 4.98 Å². The van der Waals surface area contributed by atoms with Crippen LogP contribution in [0.4, 0.5) is 5.82 Å². The Morgan fingerprint density at radius 3 is 2.79 bits per heavy atom. The summed E-state index contributed by atoms with van der Waals surface area (Å²) in [5.41, 5.74) is 2.74. The van der Waals surface area contributed by atoms with Gasteiger partial charge < -0.3 is 5.32 Å². The first-order chi connectivity index (χ1) is 6.70. The summed E-state index contributed by atoms with van der Waals surface area (Å²) in [5.74, 6) is 0.706. The smallest absolute Gasteiger partial charge is 0.144 e. The van der Waals surface area contributed by atoms with Gasteiger partial charge in [-0.25, -0.2) is 4.98 Å². The number of hydrogen-bond acceptors (Lipinski definition) is 3. The molecule has 0 atom stereocenters. The number of nitriles is 1. The Bertz CT molecular complexity index is 364. The first kappa shape index (κ1) is 10.5. The van der Waals surface area contributed by atoms with E-state index in [1.54, 1.807) is 6.20 Å². The first-order valence-electron chi connectivity index (χ1n) is 4.80. The van der Waals surface area contributed by atoms with Crippen LogP contribution in [0, 0.1) is 25.2 Å². The highest BCUT2D eigenvalue weighted by atomic mass is 15.0. The summed E-state index contributed by atoms with van der Waals surface area (Å²) in [6.07, 6.45) is 2.83. The molecule has 0 unspecified atom stereocenters. The molecule has 0 saturated heterocycles. The van der Waals surface area contributed by atoms with E-state index in [4.69, 9.17) is 5.26 Å². The van der Waals surface area contributed by atoms with Crippen molar-refractivity contribution >= 4 is 5.82 Å². The van der Waals surface area contributed by atoms with E-state index in [0.29, 0.717) is 11.4 Å². The molecule has 14 heavy (non-hydrogen) atoms. The fourth-order valence-electron chi connectivity index (χ4n) is 1.21. The van der Waals surface area contributed by atoms with Crippen molar-refractivity contribution < 1.29 is 0 Å². The van der Waals surface area contributed by atoms with Crippen molar-refractivity contribution in [2.75, 3.05) is 11.9 Å². The molecule has 0 aliphatic heterocycles. The number of hydrogen-bond donors (Lipinski definition) is 1. The lowest BCUT2D eigenvalue weighted by Crippen LogP contribution is -2.05. The van der Waals surface area contributed by atoms with Crippen molar-refractivity contribution in [1.29, 1.82) is 5.26 Å². The molecule has 74 valence electrons. The fourth-order valence-corrected chi connectivity index (χ4v) is 1.21. The van der Waals surface area contributed by atoms with Crippen LogP contribution in [0.1, 0.15) is 30.0 Å². The van der Waals surface area contributed by atoms with Crippen LogP contribution in [0.5, 0.6) is 0 Å². The third-order valence-electron chi connectivity index (χ3n) is 2.24. The minimum absolute atomic E-state index is 0.665. The molecule has 0 aliphatic rings. The molecule has 0 fully saturated rings. The van der Waals surface area contributed by atoms with Crippen LogP contribution >= 0.6 is 0 Å². The lowest BCUT2D eigenvalue weighted by atomic mass is 10.1. The number of pyridine rings is 1. The Hall–Kier alpha value is -1.56. The summed E-state index contributed by atoms with van der Waals surface area (Å²) in [6, 6.07) is 2.19. The average molecular weight is 189 g/mol. The summed E-state index contributed by atoms with van der Waals surface area (Å²) in [6.45, 7) is 6.85. The molecule has 0 aromatic carbocycles. The van der Waals surface area contributed by atoms with Crippen LogP contribution < -0.4 is 5.32 Å². The number of aryl methyl sites for hydroxylation is 1. The maximum absolute atomic E-state index is 8.99. The Balaban J connectivity index is 3.06. The highest BCUT2D eigenvalue weighted by Gasteiger charge is 2.07. The van der Waals surface area contributed by atoms with Crippen LogP contribution in [-0.4, -0.2) is 11.5 Å². The largest absolute Gasteiger partial charge is 0.369 e. The summed E-state index contributed by atoms with van der Waals surface area (Å²) in [4.78, 5) is 4.21. The average Bonchev–Trinajstić information content (AvgIpc) is 2.20. The van der Waals surface area contributed by atoms with Crippen LogP contribution in [0.15, 0.2) is 6.20 Å². The topological polar surface area (TPSA) is 48.7 Å². The van der Waals surface area contributed by atoms with Gasteiger partial charge in [0.25, 0.3) is 0 Å². The number of nitrogens with one attached hydrogen (secondary N) is 1. The SMILES string of the molecule is CCCNc1ncc(C)c(C)c1C#N. The molecule has 0 saturated carbocycles. The van der Waals surface area contributed by atoms with Crippen molar-refractivity contribution in [3.8, 4) is 6.07 Å². The molecular weight excluding hydrogens is 174 g/mol. The van der Waals surface area contributed by atoms with E-state index in [1.807, 2.05) is 13.8 Å². The standard InChI is InChI=1S/C11H15N3/c1-4-5-13-11-10(6-12)9(3)8(2)7-14-11/h7H,4-5H2,1-3H3,(H,13,14). The van der Waals surface area contributed by atoms with Gasteiger partial charge in [0.05, 0.1) is 5.56 Å². The predicted octanol–water partition coefficient (Wildman–Crippen LogP) is 2.39. The fraction of sp³-hybridized carbons (Fsp3) is 0.455. The van der Waals surface area contributed by atoms with Gasteiger partial charge in [0.1, 0.15) is 11.9 Å². The number of anilines is 1. The Morgan fingerprint density at radius 1 is 1.50 bits per heavy atom. The number of aromatic nitrogens is 1. The minimum atomic E-state index is 0.665. The second-order valence-electron chi connectivity index (χ2n) is 3.33. The zero-order chi connectivity index (χ0) is 10.6. The summed E-state index contributed by atoms with van der Waals surface area (Å²) in [7, 11) is 0. The molecule has 1 N–H and O–H groups in total. The normalized spacial score (nSPS) is 9.57. The van der Waals surface area contributed by atoms with Gasteiger partial charge in [-0.2, -0.15) is 5.26 Å². The molecule has 1 aromatic rings. The molecule has 0 radical (unpaired) electrons.